The first kappa shape index (κ1) is 11.4. The SMILES string of the molecule is N[C@@H]1CCCC[C@@H]1NCC(=O)c1ccc[nH]1. The second-order valence-electron chi connectivity index (χ2n) is 4.44. The Balaban J connectivity index is 1.80. The molecule has 16 heavy (non-hydrogen) atoms. The molecule has 4 heteroatoms. The lowest BCUT2D eigenvalue weighted by atomic mass is 9.91. The van der Waals surface area contributed by atoms with E-state index < -0.39 is 0 Å². The first-order chi connectivity index (χ1) is 7.77. The predicted molar refractivity (Wildman–Crippen MR) is 63.4 cm³/mol. The Bertz CT molecular complexity index is 334. The zero-order chi connectivity index (χ0) is 11.4. The monoisotopic (exact) mass is 221 g/mol. The van der Waals surface area contributed by atoms with Crippen LogP contribution < -0.4 is 11.1 Å². The third-order valence-electron chi connectivity index (χ3n) is 3.24. The van der Waals surface area contributed by atoms with E-state index in [0.717, 1.165) is 12.8 Å². The third kappa shape index (κ3) is 2.71. The van der Waals surface area contributed by atoms with Gasteiger partial charge in [-0.2, -0.15) is 0 Å². The van der Waals surface area contributed by atoms with Crippen molar-refractivity contribution in [3.05, 3.63) is 24.0 Å². The highest BCUT2D eigenvalue weighted by Gasteiger charge is 2.21. The largest absolute Gasteiger partial charge is 0.359 e. The molecule has 1 heterocycles. The topological polar surface area (TPSA) is 70.9 Å². The summed E-state index contributed by atoms with van der Waals surface area (Å²) < 4.78 is 0. The molecule has 4 N–H and O–H groups in total. The normalized spacial score (nSPS) is 25.6. The van der Waals surface area contributed by atoms with Crippen molar-refractivity contribution >= 4 is 5.78 Å². The van der Waals surface area contributed by atoms with Crippen molar-refractivity contribution in [3.8, 4) is 0 Å². The lowest BCUT2D eigenvalue weighted by molar-refractivity contribution is 0.0979. The molecule has 1 aliphatic rings. The van der Waals surface area contributed by atoms with Crippen molar-refractivity contribution < 1.29 is 4.79 Å². The van der Waals surface area contributed by atoms with Crippen LogP contribution in [0.2, 0.25) is 0 Å². The number of hydrogen-bond donors (Lipinski definition) is 3. The van der Waals surface area contributed by atoms with Crippen molar-refractivity contribution in [1.82, 2.24) is 10.3 Å². The molecule has 4 nitrogen and oxygen atoms in total. The standard InChI is InChI=1S/C12H19N3O/c13-9-4-1-2-5-10(9)15-8-12(16)11-6-3-7-14-11/h3,6-7,9-10,14-15H,1-2,4-5,8,13H2/t9-,10+/m1/s1. The van der Waals surface area contributed by atoms with Gasteiger partial charge in [-0.05, 0) is 25.0 Å². The van der Waals surface area contributed by atoms with E-state index in [0.29, 0.717) is 18.3 Å². The summed E-state index contributed by atoms with van der Waals surface area (Å²) in [5, 5.41) is 3.26. The number of aromatic nitrogens is 1. The van der Waals surface area contributed by atoms with Gasteiger partial charge in [0.05, 0.1) is 12.2 Å². The number of hydrogen-bond acceptors (Lipinski definition) is 3. The maximum Gasteiger partial charge on any atom is 0.192 e. The van der Waals surface area contributed by atoms with Crippen LogP contribution in [-0.2, 0) is 0 Å². The molecule has 0 saturated heterocycles. The summed E-state index contributed by atoms with van der Waals surface area (Å²) in [6, 6.07) is 4.13. The zero-order valence-electron chi connectivity index (χ0n) is 9.41. The molecule has 0 unspecified atom stereocenters. The lowest BCUT2D eigenvalue weighted by Gasteiger charge is -2.29. The lowest BCUT2D eigenvalue weighted by Crippen LogP contribution is -2.48. The Morgan fingerprint density at radius 2 is 2.31 bits per heavy atom. The van der Waals surface area contributed by atoms with Gasteiger partial charge in [-0.15, -0.1) is 0 Å². The van der Waals surface area contributed by atoms with Gasteiger partial charge in [-0.3, -0.25) is 4.79 Å². The van der Waals surface area contributed by atoms with Crippen LogP contribution in [0, 0.1) is 0 Å². The fourth-order valence-electron chi connectivity index (χ4n) is 2.24. The van der Waals surface area contributed by atoms with E-state index in [2.05, 4.69) is 10.3 Å². The second kappa shape index (κ2) is 5.27. The quantitative estimate of drug-likeness (QED) is 0.666. The summed E-state index contributed by atoms with van der Waals surface area (Å²) in [4.78, 5) is 14.6. The van der Waals surface area contributed by atoms with Crippen LogP contribution in [-0.4, -0.2) is 29.4 Å². The van der Waals surface area contributed by atoms with E-state index in [1.54, 1.807) is 12.3 Å². The van der Waals surface area contributed by atoms with Crippen LogP contribution in [0.4, 0.5) is 0 Å². The number of nitrogens with two attached hydrogens (primary N) is 1. The number of H-pyrrole nitrogens is 1. The fraction of sp³-hybridized carbons (Fsp3) is 0.583. The average molecular weight is 221 g/mol. The fourth-order valence-corrected chi connectivity index (χ4v) is 2.24. The van der Waals surface area contributed by atoms with Crippen molar-refractivity contribution in [1.29, 1.82) is 0 Å². The van der Waals surface area contributed by atoms with E-state index in [1.807, 2.05) is 6.07 Å². The van der Waals surface area contributed by atoms with E-state index in [4.69, 9.17) is 5.73 Å². The number of Topliss-reactive ketones (excluding diaryl/α,β-unsaturated/α-hetero) is 1. The first-order valence-corrected chi connectivity index (χ1v) is 5.93. The van der Waals surface area contributed by atoms with Crippen molar-refractivity contribution in [2.24, 2.45) is 5.73 Å². The van der Waals surface area contributed by atoms with E-state index in [1.165, 1.54) is 12.8 Å². The second-order valence-corrected chi connectivity index (χ2v) is 4.44. The highest BCUT2D eigenvalue weighted by atomic mass is 16.1. The average Bonchev–Trinajstić information content (AvgIpc) is 2.81. The number of carbonyl (C=O) groups excluding carboxylic acids is 1. The van der Waals surface area contributed by atoms with Gasteiger partial charge < -0.3 is 16.0 Å². The summed E-state index contributed by atoms with van der Waals surface area (Å²) in [5.74, 6) is 0.0998. The van der Waals surface area contributed by atoms with E-state index >= 15 is 0 Å². The number of rotatable bonds is 4. The van der Waals surface area contributed by atoms with Gasteiger partial charge in [-0.1, -0.05) is 12.8 Å². The van der Waals surface area contributed by atoms with Crippen LogP contribution in [0.3, 0.4) is 0 Å². The third-order valence-corrected chi connectivity index (χ3v) is 3.24. The van der Waals surface area contributed by atoms with Crippen molar-refractivity contribution in [2.75, 3.05) is 6.54 Å². The molecule has 2 atom stereocenters. The molecule has 2 rings (SSSR count). The molecule has 1 fully saturated rings. The van der Waals surface area contributed by atoms with Crippen LogP contribution >= 0.6 is 0 Å². The van der Waals surface area contributed by atoms with E-state index in [-0.39, 0.29) is 11.8 Å². The van der Waals surface area contributed by atoms with Crippen LogP contribution in [0.1, 0.15) is 36.2 Å². The van der Waals surface area contributed by atoms with Crippen molar-refractivity contribution in [2.45, 2.75) is 37.8 Å². The summed E-state index contributed by atoms with van der Waals surface area (Å²) in [7, 11) is 0. The predicted octanol–water partition coefficient (Wildman–Crippen LogP) is 1.06. The van der Waals surface area contributed by atoms with Gasteiger partial charge in [0.15, 0.2) is 5.78 Å². The van der Waals surface area contributed by atoms with Crippen LogP contribution in [0.25, 0.3) is 0 Å². The Kier molecular flexibility index (Phi) is 3.74. The molecular weight excluding hydrogens is 202 g/mol. The molecule has 1 aliphatic carbocycles. The van der Waals surface area contributed by atoms with Crippen LogP contribution in [0.5, 0.6) is 0 Å². The molecule has 0 aliphatic heterocycles. The molecule has 1 aromatic rings. The maximum atomic E-state index is 11.7. The van der Waals surface area contributed by atoms with Gasteiger partial charge in [0, 0.05) is 18.3 Å². The minimum Gasteiger partial charge on any atom is -0.359 e. The molecule has 88 valence electrons. The van der Waals surface area contributed by atoms with Gasteiger partial charge in [0.25, 0.3) is 0 Å². The number of aromatic amines is 1. The molecule has 0 amide bonds. The summed E-state index contributed by atoms with van der Waals surface area (Å²) in [6.07, 6.45) is 6.33. The zero-order valence-corrected chi connectivity index (χ0v) is 9.41. The number of nitrogens with one attached hydrogen (secondary N) is 2. The molecule has 0 aromatic carbocycles. The Hall–Kier alpha value is -1.13. The summed E-state index contributed by atoms with van der Waals surface area (Å²) >= 11 is 0. The molecule has 0 radical (unpaired) electrons. The molecule has 0 spiro atoms. The molecule has 0 bridgehead atoms. The minimum absolute atomic E-state index is 0.0998. The Morgan fingerprint density at radius 1 is 1.50 bits per heavy atom. The van der Waals surface area contributed by atoms with Crippen molar-refractivity contribution in [3.63, 3.8) is 0 Å². The number of ketones is 1. The highest BCUT2D eigenvalue weighted by Crippen LogP contribution is 2.16. The Morgan fingerprint density at radius 3 is 3.00 bits per heavy atom. The maximum absolute atomic E-state index is 11.7. The van der Waals surface area contributed by atoms with Gasteiger partial charge in [0.1, 0.15) is 0 Å². The van der Waals surface area contributed by atoms with Crippen LogP contribution in [0.15, 0.2) is 18.3 Å². The minimum atomic E-state index is 0.0998. The van der Waals surface area contributed by atoms with E-state index in [9.17, 15) is 4.79 Å². The highest BCUT2D eigenvalue weighted by molar-refractivity contribution is 5.95. The molecule has 1 aromatic heterocycles. The summed E-state index contributed by atoms with van der Waals surface area (Å²) in [6.45, 7) is 0.374. The van der Waals surface area contributed by atoms with Gasteiger partial charge >= 0.3 is 0 Å². The smallest absolute Gasteiger partial charge is 0.192 e. The molecule has 1 saturated carbocycles. The number of carbonyl (C=O) groups is 1. The van der Waals surface area contributed by atoms with Gasteiger partial charge in [-0.25, -0.2) is 0 Å². The Labute approximate surface area is 95.6 Å². The summed E-state index contributed by atoms with van der Waals surface area (Å²) in [5.41, 5.74) is 6.67. The first-order valence-electron chi connectivity index (χ1n) is 5.93. The van der Waals surface area contributed by atoms with Gasteiger partial charge in [0.2, 0.25) is 0 Å². The molecular formula is C12H19N3O.